The fraction of sp³-hybridized carbons (Fsp3) is 0.643. The molecule has 0 aromatic carbocycles. The van der Waals surface area contributed by atoms with Gasteiger partial charge in [0.25, 0.3) is 10.0 Å². The van der Waals surface area contributed by atoms with E-state index in [-0.39, 0.29) is 5.03 Å². The van der Waals surface area contributed by atoms with Gasteiger partial charge in [0.15, 0.2) is 5.03 Å². The molecule has 2 aliphatic rings. The van der Waals surface area contributed by atoms with Gasteiger partial charge in [-0.1, -0.05) is 6.07 Å². The minimum Gasteiger partial charge on any atom is -0.326 e. The largest absolute Gasteiger partial charge is 0.326 e. The predicted octanol–water partition coefficient (Wildman–Crippen LogP) is 1.35. The second-order valence-corrected chi connectivity index (χ2v) is 7.80. The summed E-state index contributed by atoms with van der Waals surface area (Å²) in [7, 11) is -3.45. The molecule has 5 nitrogen and oxygen atoms in total. The maximum absolute atomic E-state index is 12.7. The molecule has 0 spiro atoms. The lowest BCUT2D eigenvalue weighted by Crippen LogP contribution is -2.35. The molecule has 0 unspecified atom stereocenters. The van der Waals surface area contributed by atoms with Crippen molar-refractivity contribution in [3.05, 3.63) is 23.9 Å². The van der Waals surface area contributed by atoms with E-state index in [1.54, 1.807) is 22.6 Å². The molecule has 0 saturated heterocycles. The fourth-order valence-corrected chi connectivity index (χ4v) is 3.77. The third kappa shape index (κ3) is 3.19. The number of hydrogen-bond acceptors (Lipinski definition) is 4. The van der Waals surface area contributed by atoms with E-state index in [0.29, 0.717) is 31.5 Å². The van der Waals surface area contributed by atoms with Gasteiger partial charge in [-0.2, -0.15) is 4.31 Å². The van der Waals surface area contributed by atoms with Crippen molar-refractivity contribution in [2.45, 2.75) is 37.3 Å². The fourth-order valence-electron chi connectivity index (χ4n) is 2.26. The van der Waals surface area contributed by atoms with Crippen molar-refractivity contribution in [1.82, 2.24) is 9.29 Å². The van der Waals surface area contributed by atoms with E-state index in [9.17, 15) is 8.42 Å². The van der Waals surface area contributed by atoms with E-state index in [0.717, 1.165) is 31.2 Å². The van der Waals surface area contributed by atoms with Crippen LogP contribution in [0.5, 0.6) is 0 Å². The van der Waals surface area contributed by atoms with Crippen molar-refractivity contribution in [3.63, 3.8) is 0 Å². The summed E-state index contributed by atoms with van der Waals surface area (Å²) in [6.45, 7) is 1.68. The molecule has 20 heavy (non-hydrogen) atoms. The molecule has 2 saturated carbocycles. The molecule has 0 bridgehead atoms. The Bertz CT molecular complexity index is 549. The molecule has 2 fully saturated rings. The first-order chi connectivity index (χ1) is 9.59. The van der Waals surface area contributed by atoms with E-state index in [2.05, 4.69) is 4.98 Å². The zero-order valence-corrected chi connectivity index (χ0v) is 12.3. The zero-order chi connectivity index (χ0) is 14.2. The smallest absolute Gasteiger partial charge is 0.260 e. The van der Waals surface area contributed by atoms with Crippen LogP contribution in [0.25, 0.3) is 0 Å². The van der Waals surface area contributed by atoms with E-state index in [1.165, 1.54) is 0 Å². The third-order valence-electron chi connectivity index (χ3n) is 3.96. The lowest BCUT2D eigenvalue weighted by atomic mass is 10.3. The Labute approximate surface area is 120 Å². The Hall–Kier alpha value is -0.980. The number of hydrogen-bond donors (Lipinski definition) is 1. The van der Waals surface area contributed by atoms with Crippen molar-refractivity contribution in [2.75, 3.05) is 13.1 Å². The minimum atomic E-state index is -3.45. The van der Waals surface area contributed by atoms with Crippen LogP contribution in [-0.2, 0) is 16.6 Å². The van der Waals surface area contributed by atoms with Crippen molar-refractivity contribution < 1.29 is 8.42 Å². The monoisotopic (exact) mass is 295 g/mol. The van der Waals surface area contributed by atoms with Crippen LogP contribution in [0.15, 0.2) is 23.4 Å². The van der Waals surface area contributed by atoms with Crippen LogP contribution in [-0.4, -0.2) is 30.8 Å². The van der Waals surface area contributed by atoms with Crippen molar-refractivity contribution in [2.24, 2.45) is 17.6 Å². The Morgan fingerprint density at radius 2 is 1.75 bits per heavy atom. The molecule has 1 aromatic rings. The summed E-state index contributed by atoms with van der Waals surface area (Å²) >= 11 is 0. The first kappa shape index (κ1) is 14.0. The highest BCUT2D eigenvalue weighted by molar-refractivity contribution is 7.89. The van der Waals surface area contributed by atoms with Crippen LogP contribution in [0.3, 0.4) is 0 Å². The lowest BCUT2D eigenvalue weighted by Gasteiger charge is -2.21. The summed E-state index contributed by atoms with van der Waals surface area (Å²) in [6, 6.07) is 3.32. The van der Waals surface area contributed by atoms with E-state index >= 15 is 0 Å². The molecular formula is C14H21N3O2S. The zero-order valence-electron chi connectivity index (χ0n) is 11.5. The molecule has 0 atom stereocenters. The van der Waals surface area contributed by atoms with Gasteiger partial charge in [0.2, 0.25) is 0 Å². The number of rotatable bonds is 7. The molecule has 1 aromatic heterocycles. The van der Waals surface area contributed by atoms with E-state index < -0.39 is 10.0 Å². The second kappa shape index (κ2) is 5.42. The molecule has 2 aliphatic carbocycles. The predicted molar refractivity (Wildman–Crippen MR) is 76.3 cm³/mol. The maximum Gasteiger partial charge on any atom is 0.260 e. The molecule has 0 radical (unpaired) electrons. The Kier molecular flexibility index (Phi) is 3.79. The van der Waals surface area contributed by atoms with Gasteiger partial charge in [-0.3, -0.25) is 0 Å². The van der Waals surface area contributed by atoms with Crippen LogP contribution in [0.1, 0.15) is 31.2 Å². The maximum atomic E-state index is 12.7. The average Bonchev–Trinajstić information content (AvgIpc) is 3.33. The summed E-state index contributed by atoms with van der Waals surface area (Å²) < 4.78 is 27.0. The van der Waals surface area contributed by atoms with Crippen molar-refractivity contribution in [3.8, 4) is 0 Å². The van der Waals surface area contributed by atoms with Crippen LogP contribution in [0, 0.1) is 11.8 Å². The molecular weight excluding hydrogens is 274 g/mol. The quantitative estimate of drug-likeness (QED) is 0.824. The summed E-state index contributed by atoms with van der Waals surface area (Å²) in [6.07, 6.45) is 6.15. The van der Waals surface area contributed by atoms with Crippen LogP contribution in [0.2, 0.25) is 0 Å². The van der Waals surface area contributed by atoms with Gasteiger partial charge in [-0.05, 0) is 49.1 Å². The first-order valence-corrected chi connectivity index (χ1v) is 8.69. The van der Waals surface area contributed by atoms with Gasteiger partial charge in [0.05, 0.1) is 0 Å². The highest BCUT2D eigenvalue weighted by Gasteiger charge is 2.36. The summed E-state index contributed by atoms with van der Waals surface area (Å²) in [5.41, 5.74) is 6.36. The third-order valence-corrected chi connectivity index (χ3v) is 5.70. The molecule has 0 aliphatic heterocycles. The second-order valence-electron chi connectivity index (χ2n) is 5.92. The molecule has 2 N–H and O–H groups in total. The summed E-state index contributed by atoms with van der Waals surface area (Å²) in [4.78, 5) is 4.09. The number of nitrogens with zero attached hydrogens (tertiary/aromatic N) is 2. The molecule has 3 rings (SSSR count). The van der Waals surface area contributed by atoms with Crippen molar-refractivity contribution in [1.29, 1.82) is 0 Å². The Balaban J connectivity index is 1.81. The highest BCUT2D eigenvalue weighted by atomic mass is 32.2. The SMILES string of the molecule is NCc1ccc(S(=O)(=O)N(CC2CC2)CC2CC2)nc1. The topological polar surface area (TPSA) is 76.3 Å². The normalized spacial score (nSPS) is 19.5. The number of nitrogens with two attached hydrogens (primary N) is 1. The first-order valence-electron chi connectivity index (χ1n) is 7.24. The van der Waals surface area contributed by atoms with Crippen LogP contribution >= 0.6 is 0 Å². The van der Waals surface area contributed by atoms with Gasteiger partial charge in [0.1, 0.15) is 0 Å². The van der Waals surface area contributed by atoms with Gasteiger partial charge in [0, 0.05) is 25.8 Å². The summed E-state index contributed by atoms with van der Waals surface area (Å²) in [5.74, 6) is 1.10. The lowest BCUT2D eigenvalue weighted by molar-refractivity contribution is 0.380. The molecule has 6 heteroatoms. The highest BCUT2D eigenvalue weighted by Crippen LogP contribution is 2.35. The van der Waals surface area contributed by atoms with Crippen LogP contribution in [0.4, 0.5) is 0 Å². The molecule has 1 heterocycles. The van der Waals surface area contributed by atoms with Gasteiger partial charge < -0.3 is 5.73 Å². The van der Waals surface area contributed by atoms with Crippen LogP contribution < -0.4 is 5.73 Å². The average molecular weight is 295 g/mol. The number of aromatic nitrogens is 1. The Morgan fingerprint density at radius 1 is 1.15 bits per heavy atom. The van der Waals surface area contributed by atoms with Gasteiger partial charge in [-0.25, -0.2) is 13.4 Å². The van der Waals surface area contributed by atoms with Gasteiger partial charge in [-0.15, -0.1) is 0 Å². The minimum absolute atomic E-state index is 0.149. The molecule has 110 valence electrons. The van der Waals surface area contributed by atoms with E-state index in [1.807, 2.05) is 0 Å². The number of sulfonamides is 1. The number of pyridine rings is 1. The van der Waals surface area contributed by atoms with E-state index in [4.69, 9.17) is 5.73 Å². The van der Waals surface area contributed by atoms with Gasteiger partial charge >= 0.3 is 0 Å². The standard InChI is InChI=1S/C14H21N3O2S/c15-7-13-5-6-14(16-8-13)20(18,19)17(9-11-1-2-11)10-12-3-4-12/h5-6,8,11-12H,1-4,7,9-10,15H2. The molecule has 0 amide bonds. The summed E-state index contributed by atoms with van der Waals surface area (Å²) in [5, 5.41) is 0.149. The Morgan fingerprint density at radius 3 is 2.15 bits per heavy atom. The van der Waals surface area contributed by atoms with Crippen molar-refractivity contribution >= 4 is 10.0 Å².